The molecule has 1 atom stereocenters. The fraction of sp³-hybridized carbons (Fsp3) is 0.647. The fourth-order valence-corrected chi connectivity index (χ4v) is 2.72. The standard InChI is InChI=1S/C17H29BrN2/c1-4-12-19-17(11-14-20(6-3)13-5-2)15-7-9-16(18)10-8-15/h7-10,17,19H,4-6,11-14H2,1-3H3. The molecule has 1 aromatic rings. The molecule has 0 aliphatic carbocycles. The van der Waals surface area contributed by atoms with Gasteiger partial charge in [0, 0.05) is 10.5 Å². The van der Waals surface area contributed by atoms with Crippen LogP contribution in [0.4, 0.5) is 0 Å². The summed E-state index contributed by atoms with van der Waals surface area (Å²) in [6.07, 6.45) is 3.59. The molecule has 2 nitrogen and oxygen atoms in total. The lowest BCUT2D eigenvalue weighted by atomic mass is 10.0. The van der Waals surface area contributed by atoms with E-state index in [9.17, 15) is 0 Å². The molecule has 0 aliphatic rings. The first kappa shape index (κ1) is 17.7. The molecule has 114 valence electrons. The molecule has 0 heterocycles. The van der Waals surface area contributed by atoms with Crippen LogP contribution in [-0.2, 0) is 0 Å². The normalized spacial score (nSPS) is 12.8. The second-order valence-corrected chi connectivity index (χ2v) is 6.20. The summed E-state index contributed by atoms with van der Waals surface area (Å²) in [6.45, 7) is 11.3. The molecule has 20 heavy (non-hydrogen) atoms. The lowest BCUT2D eigenvalue weighted by molar-refractivity contribution is 0.269. The summed E-state index contributed by atoms with van der Waals surface area (Å²) in [6, 6.07) is 9.20. The molecule has 0 radical (unpaired) electrons. The largest absolute Gasteiger partial charge is 0.310 e. The zero-order chi connectivity index (χ0) is 14.8. The van der Waals surface area contributed by atoms with E-state index < -0.39 is 0 Å². The third-order valence-electron chi connectivity index (χ3n) is 3.63. The van der Waals surface area contributed by atoms with Crippen molar-refractivity contribution in [3.63, 3.8) is 0 Å². The summed E-state index contributed by atoms with van der Waals surface area (Å²) < 4.78 is 1.15. The molecule has 0 saturated carbocycles. The second kappa shape index (κ2) is 10.4. The number of rotatable bonds is 10. The molecule has 3 heteroatoms. The second-order valence-electron chi connectivity index (χ2n) is 5.28. The Labute approximate surface area is 133 Å². The highest BCUT2D eigenvalue weighted by molar-refractivity contribution is 9.10. The van der Waals surface area contributed by atoms with E-state index >= 15 is 0 Å². The first-order valence-electron chi connectivity index (χ1n) is 7.92. The van der Waals surface area contributed by atoms with Crippen LogP contribution in [0, 0.1) is 0 Å². The van der Waals surface area contributed by atoms with Gasteiger partial charge in [-0.25, -0.2) is 0 Å². The summed E-state index contributed by atoms with van der Waals surface area (Å²) in [4.78, 5) is 2.54. The molecule has 1 unspecified atom stereocenters. The molecule has 0 aromatic heterocycles. The van der Waals surface area contributed by atoms with Crippen LogP contribution in [0.25, 0.3) is 0 Å². The minimum atomic E-state index is 0.467. The van der Waals surface area contributed by atoms with Crippen molar-refractivity contribution in [2.24, 2.45) is 0 Å². The maximum absolute atomic E-state index is 3.68. The zero-order valence-corrected chi connectivity index (χ0v) is 14.7. The molecule has 0 fully saturated rings. The Balaban J connectivity index is 2.61. The van der Waals surface area contributed by atoms with Gasteiger partial charge in [0.25, 0.3) is 0 Å². The van der Waals surface area contributed by atoms with E-state index in [1.165, 1.54) is 37.9 Å². The van der Waals surface area contributed by atoms with Gasteiger partial charge in [-0.15, -0.1) is 0 Å². The highest BCUT2D eigenvalue weighted by Crippen LogP contribution is 2.20. The Hall–Kier alpha value is -0.380. The fourth-order valence-electron chi connectivity index (χ4n) is 2.46. The number of hydrogen-bond acceptors (Lipinski definition) is 2. The van der Waals surface area contributed by atoms with Gasteiger partial charge in [0.15, 0.2) is 0 Å². The number of nitrogens with one attached hydrogen (secondary N) is 1. The zero-order valence-electron chi connectivity index (χ0n) is 13.2. The Kier molecular flexibility index (Phi) is 9.16. The van der Waals surface area contributed by atoms with E-state index in [4.69, 9.17) is 0 Å². The molecule has 0 aliphatic heterocycles. The minimum absolute atomic E-state index is 0.467. The van der Waals surface area contributed by atoms with E-state index in [2.05, 4.69) is 71.2 Å². The lowest BCUT2D eigenvalue weighted by Crippen LogP contribution is -2.30. The molecule has 0 saturated heterocycles. The lowest BCUT2D eigenvalue weighted by Gasteiger charge is -2.24. The van der Waals surface area contributed by atoms with Crippen LogP contribution in [0.5, 0.6) is 0 Å². The van der Waals surface area contributed by atoms with Crippen molar-refractivity contribution in [3.8, 4) is 0 Å². The summed E-state index contributed by atoms with van der Waals surface area (Å²) in [5.41, 5.74) is 1.40. The Morgan fingerprint density at radius 2 is 1.75 bits per heavy atom. The monoisotopic (exact) mass is 340 g/mol. The average molecular weight is 341 g/mol. The first-order valence-corrected chi connectivity index (χ1v) is 8.71. The number of benzene rings is 1. The van der Waals surface area contributed by atoms with Crippen molar-refractivity contribution >= 4 is 15.9 Å². The van der Waals surface area contributed by atoms with Crippen LogP contribution in [0.1, 0.15) is 51.6 Å². The van der Waals surface area contributed by atoms with Crippen molar-refractivity contribution in [1.29, 1.82) is 0 Å². The van der Waals surface area contributed by atoms with Gasteiger partial charge < -0.3 is 10.2 Å². The van der Waals surface area contributed by atoms with Crippen LogP contribution in [-0.4, -0.2) is 31.1 Å². The van der Waals surface area contributed by atoms with E-state index in [0.717, 1.165) is 17.6 Å². The van der Waals surface area contributed by atoms with E-state index in [1.807, 2.05) is 0 Å². The predicted molar refractivity (Wildman–Crippen MR) is 92.2 cm³/mol. The van der Waals surface area contributed by atoms with Crippen molar-refractivity contribution in [2.45, 2.75) is 46.1 Å². The Morgan fingerprint density at radius 1 is 1.05 bits per heavy atom. The highest BCUT2D eigenvalue weighted by atomic mass is 79.9. The summed E-state index contributed by atoms with van der Waals surface area (Å²) in [7, 11) is 0. The van der Waals surface area contributed by atoms with E-state index in [-0.39, 0.29) is 0 Å². The molecular formula is C17H29BrN2. The van der Waals surface area contributed by atoms with Gasteiger partial charge in [-0.2, -0.15) is 0 Å². The van der Waals surface area contributed by atoms with Gasteiger partial charge in [0.1, 0.15) is 0 Å². The summed E-state index contributed by atoms with van der Waals surface area (Å²) in [5, 5.41) is 3.68. The third kappa shape index (κ3) is 6.38. The van der Waals surface area contributed by atoms with Crippen LogP contribution in [0.2, 0.25) is 0 Å². The molecule has 1 N–H and O–H groups in total. The Morgan fingerprint density at radius 3 is 2.30 bits per heavy atom. The van der Waals surface area contributed by atoms with Gasteiger partial charge in [-0.3, -0.25) is 0 Å². The number of hydrogen-bond donors (Lipinski definition) is 1. The quantitative estimate of drug-likeness (QED) is 0.668. The molecular weight excluding hydrogens is 312 g/mol. The van der Waals surface area contributed by atoms with Crippen molar-refractivity contribution in [3.05, 3.63) is 34.3 Å². The smallest absolute Gasteiger partial charge is 0.0332 e. The third-order valence-corrected chi connectivity index (χ3v) is 4.16. The summed E-state index contributed by atoms with van der Waals surface area (Å²) >= 11 is 3.51. The Bertz CT molecular complexity index is 351. The molecule has 1 aromatic carbocycles. The number of nitrogens with zero attached hydrogens (tertiary/aromatic N) is 1. The van der Waals surface area contributed by atoms with Gasteiger partial charge in [0.05, 0.1) is 0 Å². The molecule has 0 amide bonds. The average Bonchev–Trinajstić information content (AvgIpc) is 2.47. The maximum atomic E-state index is 3.68. The topological polar surface area (TPSA) is 15.3 Å². The molecule has 1 rings (SSSR count). The van der Waals surface area contributed by atoms with E-state index in [0.29, 0.717) is 6.04 Å². The summed E-state index contributed by atoms with van der Waals surface area (Å²) in [5.74, 6) is 0. The first-order chi connectivity index (χ1) is 9.71. The highest BCUT2D eigenvalue weighted by Gasteiger charge is 2.12. The van der Waals surface area contributed by atoms with Gasteiger partial charge >= 0.3 is 0 Å². The van der Waals surface area contributed by atoms with Gasteiger partial charge in [0.2, 0.25) is 0 Å². The van der Waals surface area contributed by atoms with Gasteiger partial charge in [-0.05, 0) is 63.1 Å². The van der Waals surface area contributed by atoms with Crippen LogP contribution in [0.3, 0.4) is 0 Å². The van der Waals surface area contributed by atoms with Gasteiger partial charge in [-0.1, -0.05) is 48.8 Å². The maximum Gasteiger partial charge on any atom is 0.0332 e. The van der Waals surface area contributed by atoms with Crippen LogP contribution >= 0.6 is 15.9 Å². The molecule has 0 bridgehead atoms. The minimum Gasteiger partial charge on any atom is -0.310 e. The van der Waals surface area contributed by atoms with Crippen LogP contribution < -0.4 is 5.32 Å². The van der Waals surface area contributed by atoms with E-state index in [1.54, 1.807) is 0 Å². The predicted octanol–water partition coefficient (Wildman–Crippen LogP) is 4.61. The van der Waals surface area contributed by atoms with Crippen molar-refractivity contribution < 1.29 is 0 Å². The van der Waals surface area contributed by atoms with Crippen LogP contribution in [0.15, 0.2) is 28.7 Å². The van der Waals surface area contributed by atoms with Crippen molar-refractivity contribution in [2.75, 3.05) is 26.2 Å². The SMILES string of the molecule is CCCNC(CCN(CC)CCC)c1ccc(Br)cc1. The molecule has 0 spiro atoms. The number of halogens is 1. The van der Waals surface area contributed by atoms with Crippen molar-refractivity contribution in [1.82, 2.24) is 10.2 Å².